The number of rotatable bonds is 3. The fourth-order valence-corrected chi connectivity index (χ4v) is 0.573. The Morgan fingerprint density at radius 2 is 2.50 bits per heavy atom. The van der Waals surface area contributed by atoms with E-state index in [1.54, 1.807) is 0 Å². The van der Waals surface area contributed by atoms with Crippen molar-refractivity contribution in [3.05, 3.63) is 0 Å². The van der Waals surface area contributed by atoms with Gasteiger partial charge in [-0.2, -0.15) is 0 Å². The maximum atomic E-state index is 3.58. The molecule has 0 aromatic heterocycles. The van der Waals surface area contributed by atoms with Crippen LogP contribution >= 0.6 is 8.35 Å². The van der Waals surface area contributed by atoms with E-state index in [1.165, 1.54) is 6.42 Å². The van der Waals surface area contributed by atoms with Crippen LogP contribution in [-0.2, 0) is 0 Å². The molecule has 0 aromatic rings. The van der Waals surface area contributed by atoms with Crippen molar-refractivity contribution in [1.82, 2.24) is 5.09 Å². The highest BCUT2D eigenvalue weighted by atomic mass is 31.1. The van der Waals surface area contributed by atoms with Crippen LogP contribution in [0.25, 0.3) is 0 Å². The van der Waals surface area contributed by atoms with Crippen LogP contribution in [0.4, 0.5) is 0 Å². The molecule has 0 unspecified atom stereocenters. The van der Waals surface area contributed by atoms with Crippen LogP contribution in [0.1, 0.15) is 13.3 Å². The summed E-state index contributed by atoms with van der Waals surface area (Å²) >= 11 is 0. The Bertz CT molecular complexity index is 36.5. The minimum atomic E-state index is 1.05. The van der Waals surface area contributed by atoms with Crippen molar-refractivity contribution in [2.24, 2.45) is 0 Å². The third-order valence-electron chi connectivity index (χ3n) is 0.474. The molecule has 0 heterocycles. The molecule has 0 bridgehead atoms. The Morgan fingerprint density at radius 3 is 2.67 bits per heavy atom. The predicted molar refractivity (Wildman–Crippen MR) is 32.3 cm³/mol. The molecule has 0 spiro atoms. The Morgan fingerprint density at radius 1 is 1.83 bits per heavy atom. The minimum absolute atomic E-state index is 1.05. The van der Waals surface area contributed by atoms with Crippen molar-refractivity contribution >= 4 is 14.7 Å². The summed E-state index contributed by atoms with van der Waals surface area (Å²) < 4.78 is 0. The monoisotopic (exact) mass is 103 g/mol. The average Bonchev–Trinajstić information content (AvgIpc) is 1.61. The number of hydrogen-bond acceptors (Lipinski definition) is 1. The molecular weight excluding hydrogens is 93.0 g/mol. The lowest BCUT2D eigenvalue weighted by Gasteiger charge is -1.86. The van der Waals surface area contributed by atoms with Crippen LogP contribution in [0.2, 0.25) is 0 Å². The van der Waals surface area contributed by atoms with Gasteiger partial charge in [0, 0.05) is 6.54 Å². The molecule has 2 heteroatoms. The zero-order valence-electron chi connectivity index (χ0n) is 4.07. The standard InChI is InChI=1S/C4H10NP/c1-3-4-5-6-2/h5H,2-4H2,1H3. The maximum Gasteiger partial charge on any atom is 0.00329 e. The van der Waals surface area contributed by atoms with Gasteiger partial charge in [-0.3, -0.25) is 5.09 Å². The molecule has 0 saturated carbocycles. The van der Waals surface area contributed by atoms with Crippen LogP contribution in [0.3, 0.4) is 0 Å². The van der Waals surface area contributed by atoms with E-state index in [0.717, 1.165) is 14.9 Å². The molecule has 0 fully saturated rings. The van der Waals surface area contributed by atoms with Gasteiger partial charge in [-0.25, -0.2) is 0 Å². The molecule has 0 aliphatic rings. The van der Waals surface area contributed by atoms with Gasteiger partial charge in [-0.05, 0) is 14.8 Å². The summed E-state index contributed by atoms with van der Waals surface area (Å²) in [5.74, 6) is 0. The van der Waals surface area contributed by atoms with Gasteiger partial charge < -0.3 is 0 Å². The van der Waals surface area contributed by atoms with Crippen LogP contribution < -0.4 is 5.09 Å². The average molecular weight is 103 g/mol. The zero-order valence-corrected chi connectivity index (χ0v) is 4.96. The molecule has 1 N–H and O–H groups in total. The van der Waals surface area contributed by atoms with Gasteiger partial charge in [0.25, 0.3) is 0 Å². The maximum absolute atomic E-state index is 3.58. The quantitative estimate of drug-likeness (QED) is 0.419. The lowest BCUT2D eigenvalue weighted by molar-refractivity contribution is 0.878. The fourth-order valence-electron chi connectivity index (χ4n) is 0.191. The lowest BCUT2D eigenvalue weighted by atomic mass is 10.5. The second-order valence-corrected chi connectivity index (χ2v) is 1.70. The Kier molecular flexibility index (Phi) is 5.24. The SMILES string of the molecule is C=PNCCC. The van der Waals surface area contributed by atoms with E-state index in [1.807, 2.05) is 0 Å². The van der Waals surface area contributed by atoms with Crippen LogP contribution in [0.5, 0.6) is 0 Å². The Hall–Kier alpha value is 0.130. The first-order chi connectivity index (χ1) is 2.91. The van der Waals surface area contributed by atoms with Gasteiger partial charge in [0.1, 0.15) is 0 Å². The summed E-state index contributed by atoms with van der Waals surface area (Å²) in [6.07, 6.45) is 4.78. The van der Waals surface area contributed by atoms with Crippen molar-refractivity contribution in [2.75, 3.05) is 6.54 Å². The molecule has 0 saturated heterocycles. The Balaban J connectivity index is 2.49. The third-order valence-corrected chi connectivity index (χ3v) is 0.921. The van der Waals surface area contributed by atoms with Gasteiger partial charge >= 0.3 is 0 Å². The van der Waals surface area contributed by atoms with E-state index in [2.05, 4.69) is 18.3 Å². The first kappa shape index (κ1) is 6.13. The molecule has 0 aliphatic carbocycles. The predicted octanol–water partition coefficient (Wildman–Crippen LogP) is 1.28. The molecule has 6 heavy (non-hydrogen) atoms. The number of hydrogen-bond donors (Lipinski definition) is 1. The van der Waals surface area contributed by atoms with Crippen molar-refractivity contribution in [2.45, 2.75) is 13.3 Å². The highest BCUT2D eigenvalue weighted by molar-refractivity contribution is 7.34. The summed E-state index contributed by atoms with van der Waals surface area (Å²) in [5.41, 5.74) is 0. The van der Waals surface area contributed by atoms with Crippen LogP contribution in [-0.4, -0.2) is 12.8 Å². The van der Waals surface area contributed by atoms with Crippen LogP contribution in [0.15, 0.2) is 0 Å². The van der Waals surface area contributed by atoms with Gasteiger partial charge in [-0.15, -0.1) is 0 Å². The van der Waals surface area contributed by atoms with Gasteiger partial charge in [-0.1, -0.05) is 13.2 Å². The molecule has 36 valence electrons. The highest BCUT2D eigenvalue weighted by Gasteiger charge is 1.68. The van der Waals surface area contributed by atoms with Crippen molar-refractivity contribution in [3.8, 4) is 0 Å². The van der Waals surface area contributed by atoms with Gasteiger partial charge in [0.2, 0.25) is 0 Å². The molecular formula is C4H10NP. The van der Waals surface area contributed by atoms with E-state index in [-0.39, 0.29) is 0 Å². The summed E-state index contributed by atoms with van der Waals surface area (Å²) in [7, 11) is 1.05. The summed E-state index contributed by atoms with van der Waals surface area (Å²) in [5, 5.41) is 3.06. The first-order valence-electron chi connectivity index (χ1n) is 2.10. The van der Waals surface area contributed by atoms with E-state index >= 15 is 0 Å². The topological polar surface area (TPSA) is 12.0 Å². The highest BCUT2D eigenvalue weighted by Crippen LogP contribution is 1.78. The van der Waals surface area contributed by atoms with E-state index < -0.39 is 0 Å². The second-order valence-electron chi connectivity index (χ2n) is 1.07. The van der Waals surface area contributed by atoms with E-state index in [0.29, 0.717) is 0 Å². The normalized spacial score (nSPS) is 9.50. The fraction of sp³-hybridized carbons (Fsp3) is 0.750. The molecule has 0 atom stereocenters. The van der Waals surface area contributed by atoms with Gasteiger partial charge in [0.15, 0.2) is 0 Å². The summed E-state index contributed by atoms with van der Waals surface area (Å²) in [6, 6.07) is 0. The molecule has 0 aromatic carbocycles. The molecule has 0 amide bonds. The first-order valence-corrected chi connectivity index (χ1v) is 3.18. The molecule has 0 aliphatic heterocycles. The third kappa shape index (κ3) is 4.13. The minimum Gasteiger partial charge on any atom is -0.271 e. The molecule has 0 radical (unpaired) electrons. The van der Waals surface area contributed by atoms with Crippen LogP contribution in [0, 0.1) is 0 Å². The second kappa shape index (κ2) is 5.13. The van der Waals surface area contributed by atoms with Crippen molar-refractivity contribution in [3.63, 3.8) is 0 Å². The summed E-state index contributed by atoms with van der Waals surface area (Å²) in [4.78, 5) is 0. The van der Waals surface area contributed by atoms with Gasteiger partial charge in [0.05, 0.1) is 0 Å². The summed E-state index contributed by atoms with van der Waals surface area (Å²) in [6.45, 7) is 3.23. The van der Waals surface area contributed by atoms with E-state index in [4.69, 9.17) is 0 Å². The van der Waals surface area contributed by atoms with Crippen molar-refractivity contribution < 1.29 is 0 Å². The lowest BCUT2D eigenvalue weighted by Crippen LogP contribution is -1.97. The molecule has 1 nitrogen and oxygen atoms in total. The Labute approximate surface area is 40.6 Å². The number of nitrogens with one attached hydrogen (secondary N) is 1. The largest absolute Gasteiger partial charge is 0.271 e. The van der Waals surface area contributed by atoms with E-state index in [9.17, 15) is 0 Å². The zero-order chi connectivity index (χ0) is 4.83. The smallest absolute Gasteiger partial charge is 0.00329 e. The van der Waals surface area contributed by atoms with Crippen molar-refractivity contribution in [1.29, 1.82) is 0 Å². The molecule has 0 rings (SSSR count).